The number of rotatable bonds is 4. The van der Waals surface area contributed by atoms with E-state index >= 15 is 0 Å². The van der Waals surface area contributed by atoms with E-state index < -0.39 is 10.0 Å². The summed E-state index contributed by atoms with van der Waals surface area (Å²) in [4.78, 5) is 2.85. The molecule has 0 unspecified atom stereocenters. The fraction of sp³-hybridized carbons (Fsp3) is 0.429. The van der Waals surface area contributed by atoms with Gasteiger partial charge in [-0.25, -0.2) is 8.42 Å². The molecule has 0 atom stereocenters. The number of hydrogen-bond donors (Lipinski definition) is 0. The molecule has 0 bridgehead atoms. The third-order valence-corrected chi connectivity index (χ3v) is 7.63. The highest BCUT2D eigenvalue weighted by Gasteiger charge is 2.31. The molecule has 0 radical (unpaired) electrons. The highest BCUT2D eigenvalue weighted by molar-refractivity contribution is 7.92. The van der Waals surface area contributed by atoms with Gasteiger partial charge in [-0.1, -0.05) is 37.3 Å². The second kappa shape index (κ2) is 7.05. The van der Waals surface area contributed by atoms with Crippen molar-refractivity contribution in [1.29, 1.82) is 0 Å². The number of hydrogen-bond acceptors (Lipinski definition) is 3. The summed E-state index contributed by atoms with van der Waals surface area (Å²) in [5, 5.41) is 0. The molecular formula is C21H26N2O2S. The van der Waals surface area contributed by atoms with E-state index in [4.69, 9.17) is 0 Å². The van der Waals surface area contributed by atoms with Crippen LogP contribution in [0.3, 0.4) is 0 Å². The summed E-state index contributed by atoms with van der Waals surface area (Å²) in [6.07, 6.45) is 3.09. The quantitative estimate of drug-likeness (QED) is 0.825. The molecule has 0 aromatic heterocycles. The van der Waals surface area contributed by atoms with Crippen molar-refractivity contribution in [2.75, 3.05) is 30.5 Å². The Morgan fingerprint density at radius 2 is 1.73 bits per heavy atom. The van der Waals surface area contributed by atoms with E-state index in [1.54, 1.807) is 28.6 Å². The molecule has 2 aromatic carbocycles. The van der Waals surface area contributed by atoms with E-state index in [0.717, 1.165) is 50.1 Å². The van der Waals surface area contributed by atoms with Crippen LogP contribution >= 0.6 is 0 Å². The maximum atomic E-state index is 13.1. The topological polar surface area (TPSA) is 40.6 Å². The molecule has 0 saturated carbocycles. The third kappa shape index (κ3) is 3.14. The van der Waals surface area contributed by atoms with Crippen molar-refractivity contribution < 1.29 is 8.42 Å². The largest absolute Gasteiger partial charge is 0.304 e. The molecule has 26 heavy (non-hydrogen) atoms. The van der Waals surface area contributed by atoms with Gasteiger partial charge in [0, 0.05) is 6.54 Å². The van der Waals surface area contributed by atoms with E-state index in [2.05, 4.69) is 30.0 Å². The van der Waals surface area contributed by atoms with Crippen molar-refractivity contribution in [2.24, 2.45) is 0 Å². The monoisotopic (exact) mass is 370 g/mol. The Hall–Kier alpha value is -1.85. The molecule has 0 N–H and O–H groups in total. The highest BCUT2D eigenvalue weighted by atomic mass is 32.2. The van der Waals surface area contributed by atoms with E-state index in [9.17, 15) is 8.42 Å². The number of benzene rings is 2. The van der Waals surface area contributed by atoms with Gasteiger partial charge in [-0.2, -0.15) is 0 Å². The lowest BCUT2D eigenvalue weighted by Gasteiger charge is -2.31. The van der Waals surface area contributed by atoms with Gasteiger partial charge in [-0.15, -0.1) is 0 Å². The SMILES string of the molecule is CCN1CCC(c2ccc3c(c2)N(S(=O)(=O)c2ccccc2)CC3)CC1. The highest BCUT2D eigenvalue weighted by Crippen LogP contribution is 2.37. The van der Waals surface area contributed by atoms with E-state index in [1.807, 2.05) is 6.07 Å². The zero-order chi connectivity index (χ0) is 18.1. The Balaban J connectivity index is 1.63. The van der Waals surface area contributed by atoms with Crippen LogP contribution in [0, 0.1) is 0 Å². The first kappa shape index (κ1) is 17.6. The standard InChI is InChI=1S/C21H26N2O2S/c1-2-22-13-10-17(11-14-22)19-9-8-18-12-15-23(21(18)16-19)26(24,25)20-6-4-3-5-7-20/h3-9,16-17H,2,10-15H2,1H3. The molecule has 138 valence electrons. The molecule has 4 nitrogen and oxygen atoms in total. The molecule has 2 heterocycles. The van der Waals surface area contributed by atoms with Gasteiger partial charge in [0.05, 0.1) is 10.6 Å². The van der Waals surface area contributed by atoms with Gasteiger partial charge >= 0.3 is 0 Å². The maximum Gasteiger partial charge on any atom is 0.264 e. The molecule has 2 aliphatic heterocycles. The summed E-state index contributed by atoms with van der Waals surface area (Å²) >= 11 is 0. The fourth-order valence-corrected chi connectivity index (χ4v) is 5.69. The van der Waals surface area contributed by atoms with Gasteiger partial charge in [0.25, 0.3) is 10.0 Å². The van der Waals surface area contributed by atoms with Gasteiger partial charge in [-0.05, 0) is 74.1 Å². The van der Waals surface area contributed by atoms with Crippen molar-refractivity contribution >= 4 is 15.7 Å². The van der Waals surface area contributed by atoms with Crippen LogP contribution in [0.5, 0.6) is 0 Å². The van der Waals surface area contributed by atoms with Gasteiger partial charge in [-0.3, -0.25) is 4.31 Å². The lowest BCUT2D eigenvalue weighted by atomic mass is 9.88. The van der Waals surface area contributed by atoms with Crippen molar-refractivity contribution in [2.45, 2.75) is 37.0 Å². The maximum absolute atomic E-state index is 13.1. The number of sulfonamides is 1. The first-order chi connectivity index (χ1) is 12.6. The summed E-state index contributed by atoms with van der Waals surface area (Å²) in [6, 6.07) is 15.2. The Morgan fingerprint density at radius 3 is 2.42 bits per heavy atom. The van der Waals surface area contributed by atoms with Crippen molar-refractivity contribution in [3.63, 3.8) is 0 Å². The summed E-state index contributed by atoms with van der Waals surface area (Å²) in [5.74, 6) is 0.532. The van der Waals surface area contributed by atoms with E-state index in [1.165, 1.54) is 5.56 Å². The molecule has 5 heteroatoms. The fourth-order valence-electron chi connectivity index (χ4n) is 4.17. The molecule has 0 aliphatic carbocycles. The normalized spacial score (nSPS) is 18.9. The molecule has 1 saturated heterocycles. The Kier molecular flexibility index (Phi) is 4.76. The van der Waals surface area contributed by atoms with Crippen LogP contribution in [0.15, 0.2) is 53.4 Å². The number of fused-ring (bicyclic) bond motifs is 1. The van der Waals surface area contributed by atoms with Gasteiger partial charge < -0.3 is 4.90 Å². The van der Waals surface area contributed by atoms with Crippen LogP contribution in [0.2, 0.25) is 0 Å². The van der Waals surface area contributed by atoms with Crippen molar-refractivity contribution in [3.8, 4) is 0 Å². The van der Waals surface area contributed by atoms with Crippen LogP contribution in [0.1, 0.15) is 36.8 Å². The molecule has 0 amide bonds. The molecular weight excluding hydrogens is 344 g/mol. The predicted octanol–water partition coefficient (Wildman–Crippen LogP) is 3.64. The Labute approximate surface area is 156 Å². The number of nitrogens with zero attached hydrogens (tertiary/aromatic N) is 2. The first-order valence-corrected chi connectivity index (χ1v) is 11.0. The average Bonchev–Trinajstić information content (AvgIpc) is 3.13. The summed E-state index contributed by atoms with van der Waals surface area (Å²) in [6.45, 7) is 6.11. The first-order valence-electron chi connectivity index (χ1n) is 9.52. The van der Waals surface area contributed by atoms with Gasteiger partial charge in [0.2, 0.25) is 0 Å². The van der Waals surface area contributed by atoms with Crippen LogP contribution in [-0.2, 0) is 16.4 Å². The lowest BCUT2D eigenvalue weighted by Crippen LogP contribution is -2.32. The number of piperidine rings is 1. The summed E-state index contributed by atoms with van der Waals surface area (Å²) in [7, 11) is -3.49. The van der Waals surface area contributed by atoms with Crippen LogP contribution in [-0.4, -0.2) is 39.5 Å². The van der Waals surface area contributed by atoms with Crippen LogP contribution in [0.25, 0.3) is 0 Å². The summed E-state index contributed by atoms with van der Waals surface area (Å²) in [5.41, 5.74) is 3.30. The molecule has 2 aromatic rings. The van der Waals surface area contributed by atoms with Gasteiger partial charge in [0.1, 0.15) is 0 Å². The lowest BCUT2D eigenvalue weighted by molar-refractivity contribution is 0.222. The Morgan fingerprint density at radius 1 is 1.00 bits per heavy atom. The molecule has 0 spiro atoms. The van der Waals surface area contributed by atoms with Crippen molar-refractivity contribution in [3.05, 3.63) is 59.7 Å². The molecule has 1 fully saturated rings. The molecule has 4 rings (SSSR count). The average molecular weight is 371 g/mol. The van der Waals surface area contributed by atoms with Gasteiger partial charge in [0.15, 0.2) is 0 Å². The van der Waals surface area contributed by atoms with Crippen LogP contribution in [0.4, 0.5) is 5.69 Å². The summed E-state index contributed by atoms with van der Waals surface area (Å²) < 4.78 is 27.8. The smallest absolute Gasteiger partial charge is 0.264 e. The minimum atomic E-state index is -3.49. The zero-order valence-electron chi connectivity index (χ0n) is 15.3. The second-order valence-corrected chi connectivity index (χ2v) is 9.10. The second-order valence-electron chi connectivity index (χ2n) is 7.24. The minimum absolute atomic E-state index is 0.370. The Bertz CT molecular complexity index is 872. The minimum Gasteiger partial charge on any atom is -0.304 e. The number of anilines is 1. The van der Waals surface area contributed by atoms with E-state index in [-0.39, 0.29) is 0 Å². The third-order valence-electron chi connectivity index (χ3n) is 5.80. The zero-order valence-corrected chi connectivity index (χ0v) is 16.1. The molecule has 2 aliphatic rings. The van der Waals surface area contributed by atoms with Crippen LogP contribution < -0.4 is 4.31 Å². The number of likely N-dealkylation sites (tertiary alicyclic amines) is 1. The predicted molar refractivity (Wildman–Crippen MR) is 105 cm³/mol. The van der Waals surface area contributed by atoms with Crippen molar-refractivity contribution in [1.82, 2.24) is 4.90 Å². The van der Waals surface area contributed by atoms with E-state index in [0.29, 0.717) is 17.4 Å².